The maximum absolute atomic E-state index is 11.3. The third-order valence-electron chi connectivity index (χ3n) is 2.29. The highest BCUT2D eigenvalue weighted by molar-refractivity contribution is 5.94. The zero-order chi connectivity index (χ0) is 12.1. The van der Waals surface area contributed by atoms with Gasteiger partial charge in [-0.2, -0.15) is 0 Å². The van der Waals surface area contributed by atoms with Crippen molar-refractivity contribution >= 4 is 16.8 Å². The van der Waals surface area contributed by atoms with Crippen LogP contribution < -0.4 is 0 Å². The van der Waals surface area contributed by atoms with Crippen molar-refractivity contribution < 1.29 is 4.79 Å². The summed E-state index contributed by atoms with van der Waals surface area (Å²) in [5.74, 6) is 0.566. The van der Waals surface area contributed by atoms with Gasteiger partial charge in [0.1, 0.15) is 0 Å². The van der Waals surface area contributed by atoms with E-state index < -0.39 is 0 Å². The lowest BCUT2D eigenvalue weighted by atomic mass is 10.3. The second-order valence-electron chi connectivity index (χ2n) is 3.22. The quantitative estimate of drug-likeness (QED) is 0.725. The molecule has 3 nitrogen and oxygen atoms in total. The van der Waals surface area contributed by atoms with Crippen LogP contribution in [0.15, 0.2) is 24.3 Å². The maximum atomic E-state index is 11.3. The summed E-state index contributed by atoms with van der Waals surface area (Å²) < 4.78 is 1.94. The molecule has 0 amide bonds. The van der Waals surface area contributed by atoms with E-state index in [0.29, 0.717) is 5.82 Å². The van der Waals surface area contributed by atoms with E-state index in [1.807, 2.05) is 49.6 Å². The number of aryl methyl sites for hydroxylation is 1. The molecule has 0 radical (unpaired) electrons. The van der Waals surface area contributed by atoms with E-state index in [4.69, 9.17) is 0 Å². The molecule has 86 valence electrons. The Morgan fingerprint density at radius 3 is 2.50 bits per heavy atom. The summed E-state index contributed by atoms with van der Waals surface area (Å²) in [6.07, 6.45) is 0. The molecule has 0 fully saturated rings. The Labute approximate surface area is 96.1 Å². The number of hydrogen-bond acceptors (Lipinski definition) is 2. The van der Waals surface area contributed by atoms with E-state index in [9.17, 15) is 4.79 Å². The summed E-state index contributed by atoms with van der Waals surface area (Å²) >= 11 is 0. The molecule has 1 heterocycles. The number of hydrogen-bond donors (Lipinski definition) is 0. The predicted octanol–water partition coefficient (Wildman–Crippen LogP) is 3.29. The van der Waals surface area contributed by atoms with Crippen LogP contribution >= 0.6 is 0 Å². The number of para-hydroxylation sites is 2. The molecule has 0 unspecified atom stereocenters. The SMILES string of the molecule is CC.CCn1c(C(C)=O)nc2ccccc21. The average molecular weight is 218 g/mol. The molecule has 3 heteroatoms. The van der Waals surface area contributed by atoms with Crippen molar-refractivity contribution in [2.45, 2.75) is 34.2 Å². The van der Waals surface area contributed by atoms with Gasteiger partial charge in [0.2, 0.25) is 0 Å². The fourth-order valence-electron chi connectivity index (χ4n) is 1.66. The number of ketones is 1. The molecule has 0 N–H and O–H groups in total. The van der Waals surface area contributed by atoms with E-state index in [2.05, 4.69) is 4.98 Å². The lowest BCUT2D eigenvalue weighted by Crippen LogP contribution is -2.05. The fourth-order valence-corrected chi connectivity index (χ4v) is 1.66. The zero-order valence-corrected chi connectivity index (χ0v) is 10.3. The van der Waals surface area contributed by atoms with E-state index >= 15 is 0 Å². The lowest BCUT2D eigenvalue weighted by molar-refractivity contribution is 0.1000. The average Bonchev–Trinajstić information content (AvgIpc) is 2.70. The second kappa shape index (κ2) is 5.45. The predicted molar refractivity (Wildman–Crippen MR) is 66.8 cm³/mol. The number of benzene rings is 1. The standard InChI is InChI=1S/C11H12N2O.C2H6/c1-3-13-10-7-5-4-6-9(10)12-11(13)8(2)14;1-2/h4-7H,3H2,1-2H3;1-2H3. The van der Waals surface area contributed by atoms with Crippen molar-refractivity contribution in [1.82, 2.24) is 9.55 Å². The molecule has 2 aromatic rings. The first-order valence-corrected chi connectivity index (χ1v) is 5.70. The molecule has 1 aromatic carbocycles. The van der Waals surface area contributed by atoms with Crippen LogP contribution in [0.3, 0.4) is 0 Å². The molecule has 0 aliphatic heterocycles. The van der Waals surface area contributed by atoms with Gasteiger partial charge < -0.3 is 4.57 Å². The highest BCUT2D eigenvalue weighted by Crippen LogP contribution is 2.15. The van der Waals surface area contributed by atoms with E-state index in [0.717, 1.165) is 17.6 Å². The van der Waals surface area contributed by atoms with Crippen LogP contribution in [0.5, 0.6) is 0 Å². The normalized spacial score (nSPS) is 9.75. The van der Waals surface area contributed by atoms with Gasteiger partial charge in [0.15, 0.2) is 11.6 Å². The Hall–Kier alpha value is -1.64. The lowest BCUT2D eigenvalue weighted by Gasteiger charge is -2.01. The van der Waals surface area contributed by atoms with Gasteiger partial charge in [-0.05, 0) is 19.1 Å². The van der Waals surface area contributed by atoms with Gasteiger partial charge in [-0.15, -0.1) is 0 Å². The molecule has 0 aliphatic carbocycles. The molecule has 16 heavy (non-hydrogen) atoms. The summed E-state index contributed by atoms with van der Waals surface area (Å²) in [5.41, 5.74) is 1.92. The van der Waals surface area contributed by atoms with Crippen LogP contribution in [0.2, 0.25) is 0 Å². The van der Waals surface area contributed by atoms with Crippen LogP contribution in [0.1, 0.15) is 38.3 Å². The zero-order valence-electron chi connectivity index (χ0n) is 10.3. The van der Waals surface area contributed by atoms with Gasteiger partial charge in [-0.25, -0.2) is 4.98 Å². The van der Waals surface area contributed by atoms with Gasteiger partial charge in [0, 0.05) is 13.5 Å². The number of fused-ring (bicyclic) bond motifs is 1. The van der Waals surface area contributed by atoms with Gasteiger partial charge in [0.05, 0.1) is 11.0 Å². The second-order valence-corrected chi connectivity index (χ2v) is 3.22. The van der Waals surface area contributed by atoms with E-state index in [1.165, 1.54) is 0 Å². The summed E-state index contributed by atoms with van der Waals surface area (Å²) in [5, 5.41) is 0. The first-order valence-electron chi connectivity index (χ1n) is 5.70. The van der Waals surface area contributed by atoms with Crippen LogP contribution in [-0.2, 0) is 6.54 Å². The Balaban J connectivity index is 0.000000606. The molecule has 0 aliphatic rings. The fraction of sp³-hybridized carbons (Fsp3) is 0.385. The molecule has 1 aromatic heterocycles. The monoisotopic (exact) mass is 218 g/mol. The largest absolute Gasteiger partial charge is 0.322 e. The first-order chi connectivity index (χ1) is 7.74. The molecular formula is C13H18N2O. The van der Waals surface area contributed by atoms with Gasteiger partial charge in [-0.1, -0.05) is 26.0 Å². The maximum Gasteiger partial charge on any atom is 0.195 e. The van der Waals surface area contributed by atoms with Crippen molar-refractivity contribution in [3.05, 3.63) is 30.1 Å². The Morgan fingerprint density at radius 2 is 1.94 bits per heavy atom. The summed E-state index contributed by atoms with van der Waals surface area (Å²) in [7, 11) is 0. The number of nitrogens with zero attached hydrogens (tertiary/aromatic N) is 2. The van der Waals surface area contributed by atoms with Gasteiger partial charge in [0.25, 0.3) is 0 Å². The van der Waals surface area contributed by atoms with Crippen molar-refractivity contribution in [2.24, 2.45) is 0 Å². The summed E-state index contributed by atoms with van der Waals surface area (Å²) in [4.78, 5) is 15.6. The molecule has 0 saturated heterocycles. The minimum Gasteiger partial charge on any atom is -0.322 e. The van der Waals surface area contributed by atoms with Crippen LogP contribution in [0.25, 0.3) is 11.0 Å². The minimum atomic E-state index is 0.0167. The van der Waals surface area contributed by atoms with E-state index in [-0.39, 0.29) is 5.78 Å². The highest BCUT2D eigenvalue weighted by atomic mass is 16.1. The number of imidazole rings is 1. The summed E-state index contributed by atoms with van der Waals surface area (Å²) in [6, 6.07) is 7.80. The third-order valence-corrected chi connectivity index (χ3v) is 2.29. The van der Waals surface area contributed by atoms with Gasteiger partial charge in [-0.3, -0.25) is 4.79 Å². The topological polar surface area (TPSA) is 34.9 Å². The van der Waals surface area contributed by atoms with Gasteiger partial charge >= 0.3 is 0 Å². The van der Waals surface area contributed by atoms with Crippen LogP contribution in [-0.4, -0.2) is 15.3 Å². The van der Waals surface area contributed by atoms with Crippen molar-refractivity contribution in [2.75, 3.05) is 0 Å². The molecule has 0 bridgehead atoms. The highest BCUT2D eigenvalue weighted by Gasteiger charge is 2.11. The first kappa shape index (κ1) is 12.4. The molecule has 2 rings (SSSR count). The number of carbonyl (C=O) groups is 1. The molecular weight excluding hydrogens is 200 g/mol. The van der Waals surface area contributed by atoms with Crippen molar-refractivity contribution in [3.63, 3.8) is 0 Å². The van der Waals surface area contributed by atoms with Crippen LogP contribution in [0, 0.1) is 0 Å². The smallest absolute Gasteiger partial charge is 0.195 e. The number of aromatic nitrogens is 2. The molecule has 0 spiro atoms. The molecule has 0 atom stereocenters. The Morgan fingerprint density at radius 1 is 1.31 bits per heavy atom. The Kier molecular flexibility index (Phi) is 4.23. The van der Waals surface area contributed by atoms with E-state index in [1.54, 1.807) is 6.92 Å². The van der Waals surface area contributed by atoms with Crippen LogP contribution in [0.4, 0.5) is 0 Å². The minimum absolute atomic E-state index is 0.0167. The number of Topliss-reactive ketones (excluding diaryl/α,β-unsaturated/α-hetero) is 1. The third kappa shape index (κ3) is 2.13. The van der Waals surface area contributed by atoms with Crippen molar-refractivity contribution in [1.29, 1.82) is 0 Å². The number of rotatable bonds is 2. The molecule has 0 saturated carbocycles. The van der Waals surface area contributed by atoms with Crippen molar-refractivity contribution in [3.8, 4) is 0 Å². The summed E-state index contributed by atoms with van der Waals surface area (Å²) in [6.45, 7) is 8.34. The Bertz CT molecular complexity index is 486. The number of carbonyl (C=O) groups excluding carboxylic acids is 1.